The summed E-state index contributed by atoms with van der Waals surface area (Å²) in [5.74, 6) is -0.350. The quantitative estimate of drug-likeness (QED) is 0.176. The van der Waals surface area contributed by atoms with Crippen LogP contribution in [0.3, 0.4) is 0 Å². The molecular weight excluding hydrogens is 376 g/mol. The lowest BCUT2D eigenvalue weighted by molar-refractivity contribution is -0.241. The summed E-state index contributed by atoms with van der Waals surface area (Å²) in [7, 11) is 0. The molecule has 0 aromatic rings. The van der Waals surface area contributed by atoms with Gasteiger partial charge in [0.15, 0.2) is 0 Å². The fourth-order valence-corrected chi connectivity index (χ4v) is 2.66. The summed E-state index contributed by atoms with van der Waals surface area (Å²) in [6.45, 7) is 3.84. The van der Waals surface area contributed by atoms with Crippen molar-refractivity contribution in [2.24, 2.45) is 5.73 Å². The van der Waals surface area contributed by atoms with Crippen LogP contribution in [0, 0.1) is 0 Å². The maximum Gasteiger partial charge on any atom is 0.217 e. The van der Waals surface area contributed by atoms with Crippen LogP contribution in [0.4, 0.5) is 0 Å². The van der Waals surface area contributed by atoms with Crippen LogP contribution < -0.4 is 11.1 Å². The molecule has 28 heavy (non-hydrogen) atoms. The minimum absolute atomic E-state index is 0.0510. The largest absolute Gasteiger partial charge is 0.393 e. The Hall–Kier alpha value is -0.890. The van der Waals surface area contributed by atoms with Crippen molar-refractivity contribution in [1.29, 1.82) is 0 Å². The first kappa shape index (κ1) is 25.1. The van der Waals surface area contributed by atoms with Gasteiger partial charge in [-0.25, -0.2) is 0 Å². The van der Waals surface area contributed by atoms with E-state index in [2.05, 4.69) is 5.32 Å². The van der Waals surface area contributed by atoms with Crippen molar-refractivity contribution in [1.82, 2.24) is 5.32 Å². The Labute approximate surface area is 165 Å². The van der Waals surface area contributed by atoms with Crippen LogP contribution in [0.2, 0.25) is 0 Å². The van der Waals surface area contributed by atoms with Crippen LogP contribution >= 0.6 is 0 Å². The van der Waals surface area contributed by atoms with Crippen molar-refractivity contribution in [3.8, 4) is 0 Å². The van der Waals surface area contributed by atoms with E-state index in [1.165, 1.54) is 6.92 Å². The first-order valence-electron chi connectivity index (χ1n) is 9.36. The van der Waals surface area contributed by atoms with E-state index >= 15 is 0 Å². The zero-order valence-corrected chi connectivity index (χ0v) is 16.4. The molecule has 0 aliphatic carbocycles. The van der Waals surface area contributed by atoms with Gasteiger partial charge in [0.1, 0.15) is 17.8 Å². The van der Waals surface area contributed by atoms with Gasteiger partial charge in [-0.2, -0.15) is 0 Å². The number of aliphatic hydroxyl groups is 3. The standard InChI is InChI=1S/C17H34N2O9/c1-13(21)19-14-10-28-17(11-20,16(23)15(14)22)12-27-9-8-26-7-6-25-5-4-24-3-2-18/h14-16,20,22-23H,2-12,18H2,1H3,(H,19,21)/t14-,15+,16+,17+/m0/s1. The maximum atomic E-state index is 11.1. The third-order valence-corrected chi connectivity index (χ3v) is 4.21. The second kappa shape index (κ2) is 14.1. The van der Waals surface area contributed by atoms with Crippen molar-refractivity contribution in [2.75, 3.05) is 72.6 Å². The van der Waals surface area contributed by atoms with Gasteiger partial charge in [0, 0.05) is 13.5 Å². The molecule has 1 amide bonds. The van der Waals surface area contributed by atoms with Crippen LogP contribution in [-0.4, -0.2) is 118 Å². The fraction of sp³-hybridized carbons (Fsp3) is 0.941. The summed E-state index contributed by atoms with van der Waals surface area (Å²) in [6.07, 6.45) is -2.70. The number of nitrogens with two attached hydrogens (primary N) is 1. The van der Waals surface area contributed by atoms with Gasteiger partial charge in [0.05, 0.1) is 72.1 Å². The number of carbonyl (C=O) groups is 1. The van der Waals surface area contributed by atoms with Crippen molar-refractivity contribution in [3.63, 3.8) is 0 Å². The van der Waals surface area contributed by atoms with Crippen LogP contribution in [0.1, 0.15) is 6.92 Å². The topological polar surface area (TPSA) is 162 Å². The second-order valence-electron chi connectivity index (χ2n) is 6.45. The molecule has 1 heterocycles. The van der Waals surface area contributed by atoms with Crippen LogP contribution in [-0.2, 0) is 28.5 Å². The zero-order chi connectivity index (χ0) is 20.8. The van der Waals surface area contributed by atoms with Gasteiger partial charge in [0.2, 0.25) is 5.91 Å². The van der Waals surface area contributed by atoms with Gasteiger partial charge >= 0.3 is 0 Å². The molecule has 0 spiro atoms. The number of carbonyl (C=O) groups excluding carboxylic acids is 1. The van der Waals surface area contributed by atoms with Crippen LogP contribution in [0.15, 0.2) is 0 Å². The lowest BCUT2D eigenvalue weighted by Crippen LogP contribution is -2.67. The summed E-state index contributed by atoms with van der Waals surface area (Å²) < 4.78 is 26.8. The first-order valence-corrected chi connectivity index (χ1v) is 9.36. The number of hydrogen-bond donors (Lipinski definition) is 5. The van der Waals surface area contributed by atoms with Crippen LogP contribution in [0.25, 0.3) is 0 Å². The monoisotopic (exact) mass is 410 g/mol. The molecule has 1 fully saturated rings. The highest BCUT2D eigenvalue weighted by Crippen LogP contribution is 2.26. The Kier molecular flexibility index (Phi) is 12.7. The van der Waals surface area contributed by atoms with Crippen molar-refractivity contribution < 1.29 is 43.8 Å². The Morgan fingerprint density at radius 2 is 1.61 bits per heavy atom. The SMILES string of the molecule is CC(=O)N[C@H]1CO[C@](CO)(COCCOCCOCCOCCN)[C@H](O)[C@@H]1O. The molecule has 1 aliphatic rings. The zero-order valence-electron chi connectivity index (χ0n) is 16.4. The highest BCUT2D eigenvalue weighted by atomic mass is 16.6. The highest BCUT2D eigenvalue weighted by molar-refractivity contribution is 5.73. The van der Waals surface area contributed by atoms with Gasteiger partial charge in [-0.3, -0.25) is 4.79 Å². The third-order valence-electron chi connectivity index (χ3n) is 4.21. The van der Waals surface area contributed by atoms with E-state index in [1.807, 2.05) is 0 Å². The van der Waals surface area contributed by atoms with E-state index in [0.717, 1.165) is 0 Å². The second-order valence-corrected chi connectivity index (χ2v) is 6.45. The summed E-state index contributed by atoms with van der Waals surface area (Å²) in [6, 6.07) is -0.754. The molecule has 0 radical (unpaired) electrons. The Morgan fingerprint density at radius 3 is 2.11 bits per heavy atom. The molecule has 166 valence electrons. The van der Waals surface area contributed by atoms with Gasteiger partial charge in [-0.05, 0) is 0 Å². The van der Waals surface area contributed by atoms with Gasteiger partial charge < -0.3 is 50.1 Å². The van der Waals surface area contributed by atoms with E-state index in [0.29, 0.717) is 46.2 Å². The number of nitrogens with one attached hydrogen (secondary N) is 1. The molecule has 1 aliphatic heterocycles. The summed E-state index contributed by atoms with van der Waals surface area (Å²) in [5.41, 5.74) is 3.83. The molecule has 1 rings (SSSR count). The average Bonchev–Trinajstić information content (AvgIpc) is 2.68. The average molecular weight is 410 g/mol. The summed E-state index contributed by atoms with van der Waals surface area (Å²) in [4.78, 5) is 11.1. The van der Waals surface area contributed by atoms with Gasteiger partial charge in [-0.15, -0.1) is 0 Å². The lowest BCUT2D eigenvalue weighted by Gasteiger charge is -2.45. The molecule has 0 aromatic carbocycles. The molecule has 1 saturated heterocycles. The highest BCUT2D eigenvalue weighted by Gasteiger charge is 2.50. The van der Waals surface area contributed by atoms with E-state index in [-0.39, 0.29) is 25.7 Å². The normalized spacial score (nSPS) is 27.7. The van der Waals surface area contributed by atoms with Crippen molar-refractivity contribution in [3.05, 3.63) is 0 Å². The molecule has 11 nitrogen and oxygen atoms in total. The van der Waals surface area contributed by atoms with Crippen LogP contribution in [0.5, 0.6) is 0 Å². The minimum Gasteiger partial charge on any atom is -0.393 e. The van der Waals surface area contributed by atoms with Crippen molar-refractivity contribution >= 4 is 5.91 Å². The summed E-state index contributed by atoms with van der Waals surface area (Å²) in [5, 5.41) is 32.6. The summed E-state index contributed by atoms with van der Waals surface area (Å²) >= 11 is 0. The molecular formula is C17H34N2O9. The fourth-order valence-electron chi connectivity index (χ4n) is 2.66. The van der Waals surface area contributed by atoms with E-state index in [9.17, 15) is 20.1 Å². The molecule has 0 aromatic heterocycles. The maximum absolute atomic E-state index is 11.1. The lowest BCUT2D eigenvalue weighted by atomic mass is 9.87. The molecule has 0 saturated carbocycles. The van der Waals surface area contributed by atoms with E-state index < -0.39 is 30.5 Å². The number of hydrogen-bond acceptors (Lipinski definition) is 10. The molecule has 0 bridgehead atoms. The first-order chi connectivity index (χ1) is 13.5. The number of amides is 1. The Balaban J connectivity index is 2.16. The Bertz CT molecular complexity index is 429. The molecule has 0 unspecified atom stereocenters. The smallest absolute Gasteiger partial charge is 0.217 e. The number of ether oxygens (including phenoxy) is 5. The van der Waals surface area contributed by atoms with Gasteiger partial charge in [0.25, 0.3) is 0 Å². The van der Waals surface area contributed by atoms with E-state index in [4.69, 9.17) is 29.4 Å². The minimum atomic E-state index is -1.46. The Morgan fingerprint density at radius 1 is 1.07 bits per heavy atom. The van der Waals surface area contributed by atoms with Crippen molar-refractivity contribution in [2.45, 2.75) is 30.8 Å². The molecule has 6 N–H and O–H groups in total. The van der Waals surface area contributed by atoms with E-state index in [1.54, 1.807) is 0 Å². The predicted molar refractivity (Wildman–Crippen MR) is 97.7 cm³/mol. The predicted octanol–water partition coefficient (Wildman–Crippen LogP) is -3.00. The molecule has 11 heteroatoms. The number of aliphatic hydroxyl groups excluding tert-OH is 3. The number of rotatable bonds is 15. The van der Waals surface area contributed by atoms with Gasteiger partial charge in [-0.1, -0.05) is 0 Å². The molecule has 4 atom stereocenters. The third kappa shape index (κ3) is 8.64.